The number of hydrogen-bond donors (Lipinski definition) is 0. The van der Waals surface area contributed by atoms with Gasteiger partial charge in [0.15, 0.2) is 0 Å². The van der Waals surface area contributed by atoms with Gasteiger partial charge in [0.05, 0.1) is 17.7 Å². The molecule has 1 atom stereocenters. The fourth-order valence-electron chi connectivity index (χ4n) is 3.17. The standard InChI is InChI=1S/C16H17N3/c1-19-11-13(10-18-19)9-16(12-17)8-4-6-14-5-2-3-7-15(14)16/h2-3,5,7,10-11H,4,6,8-9H2,1H3. The molecule has 1 aromatic heterocycles. The summed E-state index contributed by atoms with van der Waals surface area (Å²) in [7, 11) is 1.91. The second-order valence-electron chi connectivity index (χ2n) is 5.40. The molecule has 3 rings (SSSR count). The molecule has 1 unspecified atom stereocenters. The highest BCUT2D eigenvalue weighted by molar-refractivity contribution is 5.43. The first-order valence-corrected chi connectivity index (χ1v) is 6.71. The van der Waals surface area contributed by atoms with Gasteiger partial charge in [-0.1, -0.05) is 24.3 Å². The molecule has 0 saturated heterocycles. The minimum atomic E-state index is -0.377. The Kier molecular flexibility index (Phi) is 2.87. The number of aryl methyl sites for hydroxylation is 2. The fourth-order valence-corrected chi connectivity index (χ4v) is 3.17. The summed E-state index contributed by atoms with van der Waals surface area (Å²) in [6, 6.07) is 11.0. The molecule has 0 radical (unpaired) electrons. The summed E-state index contributed by atoms with van der Waals surface area (Å²) in [5, 5.41) is 14.0. The van der Waals surface area contributed by atoms with E-state index >= 15 is 0 Å². The first kappa shape index (κ1) is 12.0. The zero-order valence-corrected chi connectivity index (χ0v) is 11.1. The van der Waals surface area contributed by atoms with Crippen molar-refractivity contribution in [3.8, 4) is 6.07 Å². The second-order valence-corrected chi connectivity index (χ2v) is 5.40. The SMILES string of the molecule is Cn1cc(CC2(C#N)CCCc3ccccc32)cn1. The number of rotatable bonds is 2. The smallest absolute Gasteiger partial charge is 0.0866 e. The molecule has 1 aromatic carbocycles. The summed E-state index contributed by atoms with van der Waals surface area (Å²) in [6.45, 7) is 0. The molecule has 19 heavy (non-hydrogen) atoms. The van der Waals surface area contributed by atoms with E-state index in [1.165, 1.54) is 11.1 Å². The van der Waals surface area contributed by atoms with E-state index in [2.05, 4.69) is 29.4 Å². The average molecular weight is 251 g/mol. The van der Waals surface area contributed by atoms with Crippen LogP contribution in [0.3, 0.4) is 0 Å². The van der Waals surface area contributed by atoms with Crippen molar-refractivity contribution in [1.29, 1.82) is 5.26 Å². The summed E-state index contributed by atoms with van der Waals surface area (Å²) in [5.41, 5.74) is 3.31. The van der Waals surface area contributed by atoms with Crippen LogP contribution in [-0.2, 0) is 25.3 Å². The Morgan fingerprint density at radius 2 is 2.26 bits per heavy atom. The molecule has 0 N–H and O–H groups in total. The number of aromatic nitrogens is 2. The first-order chi connectivity index (χ1) is 9.23. The van der Waals surface area contributed by atoms with Crippen molar-refractivity contribution in [2.75, 3.05) is 0 Å². The molecular weight excluding hydrogens is 234 g/mol. The number of nitrogens with zero attached hydrogens (tertiary/aromatic N) is 3. The van der Waals surface area contributed by atoms with Crippen molar-refractivity contribution in [2.24, 2.45) is 7.05 Å². The third-order valence-corrected chi connectivity index (χ3v) is 4.06. The molecule has 2 aromatic rings. The number of nitriles is 1. The Bertz CT molecular complexity index is 635. The van der Waals surface area contributed by atoms with Crippen LogP contribution < -0.4 is 0 Å². The lowest BCUT2D eigenvalue weighted by Crippen LogP contribution is -2.31. The molecule has 1 aliphatic rings. The summed E-state index contributed by atoms with van der Waals surface area (Å²) in [5.74, 6) is 0. The molecule has 3 heteroatoms. The molecule has 0 amide bonds. The van der Waals surface area contributed by atoms with Crippen LogP contribution in [-0.4, -0.2) is 9.78 Å². The predicted molar refractivity (Wildman–Crippen MR) is 73.6 cm³/mol. The normalized spacial score (nSPS) is 21.7. The summed E-state index contributed by atoms with van der Waals surface area (Å²) in [6.07, 6.45) is 7.76. The van der Waals surface area contributed by atoms with Crippen LogP contribution in [0.5, 0.6) is 0 Å². The van der Waals surface area contributed by atoms with Gasteiger partial charge >= 0.3 is 0 Å². The lowest BCUT2D eigenvalue weighted by molar-refractivity contribution is 0.450. The molecule has 0 saturated carbocycles. The van der Waals surface area contributed by atoms with Gasteiger partial charge in [-0.05, 0) is 42.4 Å². The third-order valence-electron chi connectivity index (χ3n) is 4.06. The van der Waals surface area contributed by atoms with Gasteiger partial charge in [0.25, 0.3) is 0 Å². The third kappa shape index (κ3) is 2.04. The lowest BCUT2D eigenvalue weighted by Gasteiger charge is -2.33. The molecular formula is C16H17N3. The molecule has 3 nitrogen and oxygen atoms in total. The second kappa shape index (κ2) is 4.55. The van der Waals surface area contributed by atoms with Gasteiger partial charge in [-0.2, -0.15) is 10.4 Å². The Labute approximate surface area is 113 Å². The van der Waals surface area contributed by atoms with E-state index in [4.69, 9.17) is 0 Å². The zero-order chi connectivity index (χ0) is 13.3. The summed E-state index contributed by atoms with van der Waals surface area (Å²) >= 11 is 0. The molecule has 0 aliphatic heterocycles. The minimum absolute atomic E-state index is 0.377. The van der Waals surface area contributed by atoms with E-state index in [0.717, 1.165) is 31.2 Å². The lowest BCUT2D eigenvalue weighted by atomic mass is 9.68. The molecule has 0 bridgehead atoms. The van der Waals surface area contributed by atoms with Crippen LogP contribution in [0.4, 0.5) is 0 Å². The van der Waals surface area contributed by atoms with Gasteiger partial charge in [0.2, 0.25) is 0 Å². The highest BCUT2D eigenvalue weighted by atomic mass is 15.2. The van der Waals surface area contributed by atoms with E-state index in [-0.39, 0.29) is 5.41 Å². The van der Waals surface area contributed by atoms with Crippen LogP contribution in [0.25, 0.3) is 0 Å². The monoisotopic (exact) mass is 251 g/mol. The Morgan fingerprint density at radius 3 is 3.00 bits per heavy atom. The molecule has 0 spiro atoms. The van der Waals surface area contributed by atoms with Crippen molar-refractivity contribution in [3.63, 3.8) is 0 Å². The van der Waals surface area contributed by atoms with Crippen molar-refractivity contribution in [2.45, 2.75) is 31.1 Å². The van der Waals surface area contributed by atoms with E-state index in [0.29, 0.717) is 0 Å². The van der Waals surface area contributed by atoms with Gasteiger partial charge < -0.3 is 0 Å². The van der Waals surface area contributed by atoms with Crippen LogP contribution >= 0.6 is 0 Å². The highest BCUT2D eigenvalue weighted by Gasteiger charge is 2.36. The topological polar surface area (TPSA) is 41.6 Å². The van der Waals surface area contributed by atoms with E-state index in [9.17, 15) is 5.26 Å². The van der Waals surface area contributed by atoms with Crippen LogP contribution in [0.15, 0.2) is 36.7 Å². The van der Waals surface area contributed by atoms with Crippen molar-refractivity contribution in [1.82, 2.24) is 9.78 Å². The Morgan fingerprint density at radius 1 is 1.42 bits per heavy atom. The molecule has 0 fully saturated rings. The average Bonchev–Trinajstić information content (AvgIpc) is 2.84. The maximum atomic E-state index is 9.78. The molecule has 1 aliphatic carbocycles. The molecule has 96 valence electrons. The van der Waals surface area contributed by atoms with Crippen LogP contribution in [0.1, 0.15) is 29.5 Å². The van der Waals surface area contributed by atoms with Crippen molar-refractivity contribution < 1.29 is 0 Å². The van der Waals surface area contributed by atoms with Gasteiger partial charge in [0, 0.05) is 13.2 Å². The van der Waals surface area contributed by atoms with Gasteiger partial charge in [0.1, 0.15) is 0 Å². The largest absolute Gasteiger partial charge is 0.276 e. The van der Waals surface area contributed by atoms with Crippen molar-refractivity contribution in [3.05, 3.63) is 53.3 Å². The van der Waals surface area contributed by atoms with E-state index in [1.54, 1.807) is 4.68 Å². The van der Waals surface area contributed by atoms with E-state index in [1.807, 2.05) is 25.5 Å². The Balaban J connectivity index is 2.03. The van der Waals surface area contributed by atoms with Crippen LogP contribution in [0.2, 0.25) is 0 Å². The van der Waals surface area contributed by atoms with E-state index < -0.39 is 0 Å². The summed E-state index contributed by atoms with van der Waals surface area (Å²) < 4.78 is 1.80. The van der Waals surface area contributed by atoms with Crippen LogP contribution in [0, 0.1) is 11.3 Å². The van der Waals surface area contributed by atoms with Gasteiger partial charge in [-0.3, -0.25) is 4.68 Å². The van der Waals surface area contributed by atoms with Gasteiger partial charge in [-0.25, -0.2) is 0 Å². The fraction of sp³-hybridized carbons (Fsp3) is 0.375. The zero-order valence-electron chi connectivity index (χ0n) is 11.1. The Hall–Kier alpha value is -2.08. The first-order valence-electron chi connectivity index (χ1n) is 6.71. The van der Waals surface area contributed by atoms with Crippen molar-refractivity contribution >= 4 is 0 Å². The predicted octanol–water partition coefficient (Wildman–Crippen LogP) is 2.76. The number of fused-ring (bicyclic) bond motifs is 1. The quantitative estimate of drug-likeness (QED) is 0.823. The maximum Gasteiger partial charge on any atom is 0.0866 e. The number of benzene rings is 1. The van der Waals surface area contributed by atoms with Gasteiger partial charge in [-0.15, -0.1) is 0 Å². The number of hydrogen-bond acceptors (Lipinski definition) is 2. The maximum absolute atomic E-state index is 9.78. The highest BCUT2D eigenvalue weighted by Crippen LogP contribution is 2.39. The summed E-state index contributed by atoms with van der Waals surface area (Å²) in [4.78, 5) is 0. The molecule has 1 heterocycles. The minimum Gasteiger partial charge on any atom is -0.276 e.